The molecule has 1 aromatic heterocycles. The van der Waals surface area contributed by atoms with E-state index in [9.17, 15) is 4.79 Å². The van der Waals surface area contributed by atoms with Gasteiger partial charge in [0.2, 0.25) is 0 Å². The first-order chi connectivity index (χ1) is 5.41. The summed E-state index contributed by atoms with van der Waals surface area (Å²) in [7, 11) is 0. The highest BCUT2D eigenvalue weighted by Gasteiger charge is 2.24. The lowest BCUT2D eigenvalue weighted by Crippen LogP contribution is -2.17. The van der Waals surface area contributed by atoms with Gasteiger partial charge in [-0.1, -0.05) is 27.7 Å². The van der Waals surface area contributed by atoms with Crippen molar-refractivity contribution in [3.63, 3.8) is 0 Å². The van der Waals surface area contributed by atoms with Crippen molar-refractivity contribution in [2.45, 2.75) is 33.6 Å². The topological polar surface area (TPSA) is 61.5 Å². The molecule has 0 aromatic carbocycles. The standard InChI is InChI=1S/C8H15N3O/c1-5(8(2,3)4)6-9-7(12)11-10-6/h5H,1-4H3,(H2,9,10,11,12). The van der Waals surface area contributed by atoms with Crippen LogP contribution in [0.1, 0.15) is 39.4 Å². The maximum absolute atomic E-state index is 10.7. The molecule has 68 valence electrons. The third kappa shape index (κ3) is 1.75. The molecule has 0 spiro atoms. The molecule has 1 aromatic rings. The van der Waals surface area contributed by atoms with Gasteiger partial charge < -0.3 is 0 Å². The number of hydrogen-bond donors (Lipinski definition) is 2. The average Bonchev–Trinajstić information content (AvgIpc) is 2.32. The zero-order chi connectivity index (χ0) is 9.35. The van der Waals surface area contributed by atoms with Gasteiger partial charge in [0.1, 0.15) is 5.82 Å². The van der Waals surface area contributed by atoms with Crippen molar-refractivity contribution < 1.29 is 0 Å². The Hall–Kier alpha value is -1.06. The summed E-state index contributed by atoms with van der Waals surface area (Å²) in [5.74, 6) is 0.976. The van der Waals surface area contributed by atoms with Crippen molar-refractivity contribution in [1.82, 2.24) is 15.2 Å². The Kier molecular flexibility index (Phi) is 2.08. The Morgan fingerprint density at radius 1 is 1.42 bits per heavy atom. The summed E-state index contributed by atoms with van der Waals surface area (Å²) in [5, 5.41) is 6.25. The Morgan fingerprint density at radius 2 is 2.00 bits per heavy atom. The number of hydrogen-bond acceptors (Lipinski definition) is 2. The molecule has 0 saturated carbocycles. The maximum atomic E-state index is 10.7. The van der Waals surface area contributed by atoms with Crippen molar-refractivity contribution in [2.24, 2.45) is 5.41 Å². The molecule has 0 fully saturated rings. The SMILES string of the molecule is CC(c1n[nH]c(=O)[nH]1)C(C)(C)C. The van der Waals surface area contributed by atoms with Crippen LogP contribution in [-0.4, -0.2) is 15.2 Å². The van der Waals surface area contributed by atoms with E-state index >= 15 is 0 Å². The van der Waals surface area contributed by atoms with E-state index in [2.05, 4.69) is 36.0 Å². The van der Waals surface area contributed by atoms with E-state index in [-0.39, 0.29) is 17.0 Å². The summed E-state index contributed by atoms with van der Waals surface area (Å²) in [6, 6.07) is 0. The van der Waals surface area contributed by atoms with Gasteiger partial charge in [-0.05, 0) is 5.41 Å². The molecule has 4 heteroatoms. The highest BCUT2D eigenvalue weighted by atomic mass is 16.1. The fraction of sp³-hybridized carbons (Fsp3) is 0.750. The Bertz CT molecular complexity index is 305. The molecule has 0 bridgehead atoms. The highest BCUT2D eigenvalue weighted by molar-refractivity contribution is 4.96. The molecule has 0 aliphatic rings. The molecular weight excluding hydrogens is 154 g/mol. The van der Waals surface area contributed by atoms with Crippen LogP contribution < -0.4 is 5.69 Å². The predicted molar refractivity (Wildman–Crippen MR) is 47.1 cm³/mol. The fourth-order valence-corrected chi connectivity index (χ4v) is 0.898. The predicted octanol–water partition coefficient (Wildman–Crippen LogP) is 1.25. The summed E-state index contributed by atoms with van der Waals surface area (Å²) < 4.78 is 0. The summed E-state index contributed by atoms with van der Waals surface area (Å²) in [4.78, 5) is 13.4. The fourth-order valence-electron chi connectivity index (χ4n) is 0.898. The largest absolute Gasteiger partial charge is 0.340 e. The molecule has 0 amide bonds. The van der Waals surface area contributed by atoms with Gasteiger partial charge >= 0.3 is 5.69 Å². The van der Waals surface area contributed by atoms with Crippen LogP contribution in [0.3, 0.4) is 0 Å². The van der Waals surface area contributed by atoms with Crippen LogP contribution in [-0.2, 0) is 0 Å². The normalized spacial score (nSPS) is 14.7. The average molecular weight is 169 g/mol. The number of rotatable bonds is 1. The van der Waals surface area contributed by atoms with E-state index in [1.165, 1.54) is 0 Å². The second kappa shape index (κ2) is 2.77. The van der Waals surface area contributed by atoms with Crippen LogP contribution >= 0.6 is 0 Å². The van der Waals surface area contributed by atoms with E-state index in [4.69, 9.17) is 0 Å². The monoisotopic (exact) mass is 169 g/mol. The van der Waals surface area contributed by atoms with Crippen molar-refractivity contribution in [3.8, 4) is 0 Å². The molecule has 2 N–H and O–H groups in total. The molecule has 0 radical (unpaired) electrons. The quantitative estimate of drug-likeness (QED) is 0.664. The third-order valence-corrected chi connectivity index (χ3v) is 2.23. The lowest BCUT2D eigenvalue weighted by molar-refractivity contribution is 0.328. The minimum Gasteiger partial charge on any atom is -0.293 e. The van der Waals surface area contributed by atoms with Crippen molar-refractivity contribution in [2.75, 3.05) is 0 Å². The van der Waals surface area contributed by atoms with Crippen LogP contribution in [0.5, 0.6) is 0 Å². The summed E-state index contributed by atoms with van der Waals surface area (Å²) in [5.41, 5.74) is -0.112. The molecule has 4 nitrogen and oxygen atoms in total. The third-order valence-electron chi connectivity index (χ3n) is 2.23. The van der Waals surface area contributed by atoms with Crippen LogP contribution in [0.15, 0.2) is 4.79 Å². The first-order valence-electron chi connectivity index (χ1n) is 4.06. The lowest BCUT2D eigenvalue weighted by atomic mass is 9.82. The summed E-state index contributed by atoms with van der Waals surface area (Å²) in [6.45, 7) is 8.39. The van der Waals surface area contributed by atoms with Gasteiger partial charge in [0.25, 0.3) is 0 Å². The summed E-state index contributed by atoms with van der Waals surface area (Å²) >= 11 is 0. The van der Waals surface area contributed by atoms with Gasteiger partial charge in [0.15, 0.2) is 0 Å². The number of nitrogens with zero attached hydrogens (tertiary/aromatic N) is 1. The zero-order valence-electron chi connectivity index (χ0n) is 7.93. The van der Waals surface area contributed by atoms with Crippen LogP contribution in [0.4, 0.5) is 0 Å². The van der Waals surface area contributed by atoms with Crippen molar-refractivity contribution in [3.05, 3.63) is 16.3 Å². The van der Waals surface area contributed by atoms with E-state index < -0.39 is 0 Å². The van der Waals surface area contributed by atoms with Crippen molar-refractivity contribution >= 4 is 0 Å². The second-order valence-corrected chi connectivity index (χ2v) is 4.15. The minimum absolute atomic E-state index is 0.123. The first kappa shape index (κ1) is 9.03. The van der Waals surface area contributed by atoms with Gasteiger partial charge in [0, 0.05) is 5.92 Å². The van der Waals surface area contributed by atoms with Gasteiger partial charge in [-0.15, -0.1) is 0 Å². The highest BCUT2D eigenvalue weighted by Crippen LogP contribution is 2.31. The molecule has 0 aliphatic carbocycles. The zero-order valence-corrected chi connectivity index (χ0v) is 7.93. The maximum Gasteiger partial charge on any atom is 0.340 e. The van der Waals surface area contributed by atoms with Crippen LogP contribution in [0, 0.1) is 5.41 Å². The van der Waals surface area contributed by atoms with Crippen LogP contribution in [0.2, 0.25) is 0 Å². The lowest BCUT2D eigenvalue weighted by Gasteiger charge is -2.24. The Labute approximate surface area is 71.4 Å². The molecule has 1 atom stereocenters. The van der Waals surface area contributed by atoms with Gasteiger partial charge in [-0.25, -0.2) is 9.89 Å². The smallest absolute Gasteiger partial charge is 0.293 e. The molecule has 0 saturated heterocycles. The molecule has 1 unspecified atom stereocenters. The minimum atomic E-state index is -0.235. The van der Waals surface area contributed by atoms with Gasteiger partial charge in [-0.3, -0.25) is 4.98 Å². The summed E-state index contributed by atoms with van der Waals surface area (Å²) in [6.07, 6.45) is 0. The molecule has 1 rings (SSSR count). The van der Waals surface area contributed by atoms with E-state index in [0.29, 0.717) is 0 Å². The number of H-pyrrole nitrogens is 2. The molecular formula is C8H15N3O. The first-order valence-corrected chi connectivity index (χ1v) is 4.06. The Balaban J connectivity index is 2.92. The van der Waals surface area contributed by atoms with Crippen LogP contribution in [0.25, 0.3) is 0 Å². The van der Waals surface area contributed by atoms with E-state index in [1.54, 1.807) is 0 Å². The van der Waals surface area contributed by atoms with Crippen molar-refractivity contribution in [1.29, 1.82) is 0 Å². The van der Waals surface area contributed by atoms with E-state index in [0.717, 1.165) is 5.82 Å². The number of aromatic nitrogens is 3. The number of aromatic amines is 2. The number of nitrogens with one attached hydrogen (secondary N) is 2. The molecule has 12 heavy (non-hydrogen) atoms. The van der Waals surface area contributed by atoms with Gasteiger partial charge in [-0.2, -0.15) is 5.10 Å². The molecule has 1 heterocycles. The Morgan fingerprint density at radius 3 is 2.33 bits per heavy atom. The van der Waals surface area contributed by atoms with Gasteiger partial charge in [0.05, 0.1) is 0 Å². The van der Waals surface area contributed by atoms with E-state index in [1.807, 2.05) is 6.92 Å². The second-order valence-electron chi connectivity index (χ2n) is 4.15. The molecule has 0 aliphatic heterocycles.